The van der Waals surface area contributed by atoms with E-state index in [9.17, 15) is 9.59 Å². The van der Waals surface area contributed by atoms with Gasteiger partial charge >= 0.3 is 5.97 Å². The maximum absolute atomic E-state index is 12.0. The first-order valence-electron chi connectivity index (χ1n) is 5.82. The molecule has 0 spiro atoms. The summed E-state index contributed by atoms with van der Waals surface area (Å²) in [7, 11) is 0. The lowest BCUT2D eigenvalue weighted by atomic mass is 9.99. The van der Waals surface area contributed by atoms with Gasteiger partial charge in [-0.05, 0) is 5.92 Å². The molecule has 0 bridgehead atoms. The van der Waals surface area contributed by atoms with Crippen LogP contribution in [-0.4, -0.2) is 28.0 Å². The smallest absolute Gasteiger partial charge is 0.326 e. The molecule has 1 rings (SSSR count). The molecular weight excluding hydrogens is 327 g/mol. The zero-order valence-electron chi connectivity index (χ0n) is 10.8. The van der Waals surface area contributed by atoms with Gasteiger partial charge in [0, 0.05) is 6.20 Å². The van der Waals surface area contributed by atoms with E-state index in [0.717, 1.165) is 0 Å². The van der Waals surface area contributed by atoms with Crippen LogP contribution in [-0.2, 0) is 4.79 Å². The Bertz CT molecular complexity index is 537. The summed E-state index contributed by atoms with van der Waals surface area (Å²) in [5.74, 6) is -2.07. The van der Waals surface area contributed by atoms with Crippen LogP contribution in [0.2, 0.25) is 15.1 Å². The Labute approximate surface area is 131 Å². The highest BCUT2D eigenvalue weighted by Gasteiger charge is 2.27. The molecular formula is C12H13Cl3N2O3. The minimum atomic E-state index is -1.12. The van der Waals surface area contributed by atoms with Crippen LogP contribution in [0.3, 0.4) is 0 Å². The van der Waals surface area contributed by atoms with E-state index in [0.29, 0.717) is 6.42 Å². The van der Waals surface area contributed by atoms with Crippen molar-refractivity contribution in [3.63, 3.8) is 0 Å². The van der Waals surface area contributed by atoms with Gasteiger partial charge in [0.05, 0.1) is 15.1 Å². The molecule has 0 radical (unpaired) electrons. The second-order valence-corrected chi connectivity index (χ2v) is 5.42. The minimum Gasteiger partial charge on any atom is -0.480 e. The Morgan fingerprint density at radius 1 is 1.35 bits per heavy atom. The summed E-state index contributed by atoms with van der Waals surface area (Å²) in [6, 6.07) is -1.03. The maximum Gasteiger partial charge on any atom is 0.326 e. The highest BCUT2D eigenvalue weighted by atomic mass is 35.5. The summed E-state index contributed by atoms with van der Waals surface area (Å²) in [4.78, 5) is 27.0. The molecule has 1 amide bonds. The molecule has 1 aromatic heterocycles. The Hall–Kier alpha value is -1.04. The number of pyridine rings is 1. The second kappa shape index (κ2) is 7.11. The van der Waals surface area contributed by atoms with Gasteiger partial charge in [0.15, 0.2) is 0 Å². The quantitative estimate of drug-likeness (QED) is 0.863. The molecule has 0 aliphatic heterocycles. The largest absolute Gasteiger partial charge is 0.480 e. The van der Waals surface area contributed by atoms with E-state index >= 15 is 0 Å². The Morgan fingerprint density at radius 2 is 1.95 bits per heavy atom. The standard InChI is InChI=1S/C12H13Cl3N2O3/c1-3-5(2)9(12(19)20)17-11(18)10-8(15)7(14)6(13)4-16-10/h4-5,9H,3H2,1-2H3,(H,17,18)(H,19,20). The molecule has 1 aromatic rings. The first-order valence-corrected chi connectivity index (χ1v) is 6.96. The van der Waals surface area contributed by atoms with Gasteiger partial charge < -0.3 is 10.4 Å². The highest BCUT2D eigenvalue weighted by molar-refractivity contribution is 6.48. The van der Waals surface area contributed by atoms with Crippen molar-refractivity contribution in [2.75, 3.05) is 0 Å². The maximum atomic E-state index is 12.0. The third-order valence-electron chi connectivity index (χ3n) is 2.90. The van der Waals surface area contributed by atoms with Gasteiger partial charge in [0.1, 0.15) is 11.7 Å². The van der Waals surface area contributed by atoms with Gasteiger partial charge in [0.25, 0.3) is 5.91 Å². The van der Waals surface area contributed by atoms with Gasteiger partial charge in [-0.1, -0.05) is 55.1 Å². The molecule has 2 N–H and O–H groups in total. The SMILES string of the molecule is CCC(C)C(NC(=O)c1ncc(Cl)c(Cl)c1Cl)C(=O)O. The molecule has 0 aromatic carbocycles. The summed E-state index contributed by atoms with van der Waals surface area (Å²) in [6.45, 7) is 3.56. The Kier molecular flexibility index (Phi) is 6.05. The number of amides is 1. The number of rotatable bonds is 5. The molecule has 1 heterocycles. The Balaban J connectivity index is 3.01. The lowest BCUT2D eigenvalue weighted by Crippen LogP contribution is -2.45. The average Bonchev–Trinajstić information content (AvgIpc) is 2.40. The third kappa shape index (κ3) is 3.75. The molecule has 5 nitrogen and oxygen atoms in total. The van der Waals surface area contributed by atoms with Gasteiger partial charge in [-0.3, -0.25) is 4.79 Å². The summed E-state index contributed by atoms with van der Waals surface area (Å²) in [5.41, 5.74) is -0.157. The molecule has 20 heavy (non-hydrogen) atoms. The fraction of sp³-hybridized carbons (Fsp3) is 0.417. The number of carboxylic acid groups (broad SMARTS) is 1. The van der Waals surface area contributed by atoms with Crippen molar-refractivity contribution < 1.29 is 14.7 Å². The molecule has 0 aliphatic rings. The van der Waals surface area contributed by atoms with Crippen molar-refractivity contribution in [3.8, 4) is 0 Å². The van der Waals surface area contributed by atoms with Crippen molar-refractivity contribution in [2.45, 2.75) is 26.3 Å². The molecule has 0 saturated heterocycles. The molecule has 0 saturated carbocycles. The number of carbonyl (C=O) groups is 2. The van der Waals surface area contributed by atoms with Gasteiger partial charge in [0.2, 0.25) is 0 Å². The number of hydrogen-bond donors (Lipinski definition) is 2. The highest BCUT2D eigenvalue weighted by Crippen LogP contribution is 2.31. The number of aromatic nitrogens is 1. The van der Waals surface area contributed by atoms with Gasteiger partial charge in [-0.2, -0.15) is 0 Å². The van der Waals surface area contributed by atoms with E-state index in [-0.39, 0.29) is 26.7 Å². The summed E-state index contributed by atoms with van der Waals surface area (Å²) in [6.07, 6.45) is 1.78. The van der Waals surface area contributed by atoms with Crippen molar-refractivity contribution in [2.24, 2.45) is 5.92 Å². The van der Waals surface area contributed by atoms with Gasteiger partial charge in [-0.25, -0.2) is 9.78 Å². The van der Waals surface area contributed by atoms with Crippen LogP contribution in [0.25, 0.3) is 0 Å². The average molecular weight is 340 g/mol. The molecule has 8 heteroatoms. The Morgan fingerprint density at radius 3 is 2.45 bits per heavy atom. The first-order chi connectivity index (χ1) is 9.29. The lowest BCUT2D eigenvalue weighted by molar-refractivity contribution is -0.140. The van der Waals surface area contributed by atoms with Crippen molar-refractivity contribution in [3.05, 3.63) is 27.0 Å². The van der Waals surface area contributed by atoms with E-state index in [1.807, 2.05) is 6.92 Å². The number of hydrogen-bond acceptors (Lipinski definition) is 3. The first kappa shape index (κ1) is 17.0. The van der Waals surface area contributed by atoms with Crippen molar-refractivity contribution in [1.82, 2.24) is 10.3 Å². The summed E-state index contributed by atoms with van der Waals surface area (Å²) >= 11 is 17.4. The van der Waals surface area contributed by atoms with Gasteiger partial charge in [-0.15, -0.1) is 0 Å². The minimum absolute atomic E-state index is 0.00361. The summed E-state index contributed by atoms with van der Waals surface area (Å²) in [5, 5.41) is 11.5. The second-order valence-electron chi connectivity index (χ2n) is 4.26. The number of aliphatic carboxylic acids is 1. The molecule has 2 unspecified atom stereocenters. The normalized spacial score (nSPS) is 13.7. The van der Waals surface area contributed by atoms with Crippen molar-refractivity contribution >= 4 is 46.7 Å². The van der Waals surface area contributed by atoms with E-state index in [1.165, 1.54) is 6.20 Å². The predicted octanol–water partition coefficient (Wildman–Crippen LogP) is 3.27. The van der Waals surface area contributed by atoms with Crippen LogP contribution < -0.4 is 5.32 Å². The fourth-order valence-corrected chi connectivity index (χ4v) is 2.06. The van der Waals surface area contributed by atoms with Crippen LogP contribution >= 0.6 is 34.8 Å². The third-order valence-corrected chi connectivity index (χ3v) is 4.14. The zero-order valence-corrected chi connectivity index (χ0v) is 13.1. The summed E-state index contributed by atoms with van der Waals surface area (Å²) < 4.78 is 0. The topological polar surface area (TPSA) is 79.3 Å². The number of carboxylic acids is 1. The van der Waals surface area contributed by atoms with E-state index in [4.69, 9.17) is 39.9 Å². The number of nitrogens with one attached hydrogen (secondary N) is 1. The number of halogens is 3. The molecule has 0 aliphatic carbocycles. The molecule has 2 atom stereocenters. The van der Waals surface area contributed by atoms with Crippen LogP contribution in [0, 0.1) is 5.92 Å². The number of nitrogens with zero attached hydrogens (tertiary/aromatic N) is 1. The van der Waals surface area contributed by atoms with Crippen LogP contribution in [0.4, 0.5) is 0 Å². The molecule has 0 fully saturated rings. The fourth-order valence-electron chi connectivity index (χ4n) is 1.49. The zero-order chi connectivity index (χ0) is 15.4. The van der Waals surface area contributed by atoms with Crippen molar-refractivity contribution in [1.29, 1.82) is 0 Å². The number of carbonyl (C=O) groups excluding carboxylic acids is 1. The predicted molar refractivity (Wildman–Crippen MR) is 77.6 cm³/mol. The van der Waals surface area contributed by atoms with Crippen LogP contribution in [0.5, 0.6) is 0 Å². The van der Waals surface area contributed by atoms with E-state index in [1.54, 1.807) is 6.92 Å². The molecule has 110 valence electrons. The lowest BCUT2D eigenvalue weighted by Gasteiger charge is -2.20. The van der Waals surface area contributed by atoms with E-state index in [2.05, 4.69) is 10.3 Å². The van der Waals surface area contributed by atoms with Crippen LogP contribution in [0.1, 0.15) is 30.8 Å². The van der Waals surface area contributed by atoms with Crippen LogP contribution in [0.15, 0.2) is 6.20 Å². The monoisotopic (exact) mass is 338 g/mol. The van der Waals surface area contributed by atoms with E-state index < -0.39 is 17.9 Å².